The summed E-state index contributed by atoms with van der Waals surface area (Å²) in [7, 11) is 0. The highest BCUT2D eigenvalue weighted by Gasteiger charge is 2.19. The summed E-state index contributed by atoms with van der Waals surface area (Å²) in [5.41, 5.74) is 4.80. The Kier molecular flexibility index (Phi) is 4.48. The molecule has 0 radical (unpaired) electrons. The Balaban J connectivity index is 1.39. The maximum Gasteiger partial charge on any atom is 0.255 e. The van der Waals surface area contributed by atoms with Crippen LogP contribution in [0.3, 0.4) is 0 Å². The van der Waals surface area contributed by atoms with E-state index in [0.717, 1.165) is 48.8 Å². The quantitative estimate of drug-likeness (QED) is 0.559. The molecule has 0 spiro atoms. The molecule has 5 heteroatoms. The summed E-state index contributed by atoms with van der Waals surface area (Å²) in [6.45, 7) is 2.68. The molecule has 2 heterocycles. The standard InChI is InChI=1S/C24H22N4O/c29-24(18-8-2-1-3-9-18)25-19-10-6-11-20(16-19)27-14-7-15-28-22-13-5-4-12-21(22)26-23(28)17-27/h1-6,8-13,16H,7,14-15,17H2,(H,25,29). The van der Waals surface area contributed by atoms with Gasteiger partial charge in [0.25, 0.3) is 5.91 Å². The van der Waals surface area contributed by atoms with Crippen LogP contribution in [0.2, 0.25) is 0 Å². The maximum atomic E-state index is 12.5. The first-order valence-electron chi connectivity index (χ1n) is 9.93. The molecule has 0 saturated carbocycles. The molecule has 29 heavy (non-hydrogen) atoms. The van der Waals surface area contributed by atoms with E-state index < -0.39 is 0 Å². The average molecular weight is 382 g/mol. The fourth-order valence-electron chi connectivity index (χ4n) is 3.96. The van der Waals surface area contributed by atoms with Crippen LogP contribution in [0.25, 0.3) is 11.0 Å². The van der Waals surface area contributed by atoms with Gasteiger partial charge in [0, 0.05) is 30.0 Å². The summed E-state index contributed by atoms with van der Waals surface area (Å²) >= 11 is 0. The summed E-state index contributed by atoms with van der Waals surface area (Å²) in [5.74, 6) is 0.989. The van der Waals surface area contributed by atoms with Gasteiger partial charge in [-0.2, -0.15) is 0 Å². The Morgan fingerprint density at radius 3 is 2.62 bits per heavy atom. The van der Waals surface area contributed by atoms with Crippen LogP contribution in [0.5, 0.6) is 0 Å². The van der Waals surface area contributed by atoms with E-state index in [-0.39, 0.29) is 5.91 Å². The van der Waals surface area contributed by atoms with Crippen molar-refractivity contribution in [1.29, 1.82) is 0 Å². The number of fused-ring (bicyclic) bond motifs is 3. The molecule has 5 rings (SSSR count). The molecule has 0 saturated heterocycles. The zero-order valence-electron chi connectivity index (χ0n) is 16.1. The van der Waals surface area contributed by atoms with Crippen molar-refractivity contribution in [1.82, 2.24) is 9.55 Å². The number of nitrogens with zero attached hydrogens (tertiary/aromatic N) is 3. The van der Waals surface area contributed by atoms with Crippen molar-refractivity contribution in [2.24, 2.45) is 0 Å². The van der Waals surface area contributed by atoms with Gasteiger partial charge >= 0.3 is 0 Å². The Labute approximate surface area is 169 Å². The predicted molar refractivity (Wildman–Crippen MR) is 116 cm³/mol. The third kappa shape index (κ3) is 3.47. The van der Waals surface area contributed by atoms with Gasteiger partial charge in [-0.05, 0) is 48.9 Å². The number of carbonyl (C=O) groups excluding carboxylic acids is 1. The minimum Gasteiger partial charge on any atom is -0.364 e. The number of hydrogen-bond acceptors (Lipinski definition) is 3. The van der Waals surface area contributed by atoms with Crippen molar-refractivity contribution in [3.8, 4) is 0 Å². The molecule has 0 atom stereocenters. The van der Waals surface area contributed by atoms with Crippen LogP contribution in [0, 0.1) is 0 Å². The fourth-order valence-corrected chi connectivity index (χ4v) is 3.96. The van der Waals surface area contributed by atoms with Gasteiger partial charge in [-0.25, -0.2) is 4.98 Å². The maximum absolute atomic E-state index is 12.5. The van der Waals surface area contributed by atoms with E-state index in [2.05, 4.69) is 39.0 Å². The molecule has 0 unspecified atom stereocenters. The molecular formula is C24H22N4O. The third-order valence-electron chi connectivity index (χ3n) is 5.38. The van der Waals surface area contributed by atoms with Crippen molar-refractivity contribution in [3.05, 3.63) is 90.3 Å². The molecule has 0 aliphatic carbocycles. The molecule has 1 amide bonds. The van der Waals surface area contributed by atoms with Crippen LogP contribution in [0.4, 0.5) is 11.4 Å². The molecule has 1 N–H and O–H groups in total. The van der Waals surface area contributed by atoms with Crippen LogP contribution in [-0.4, -0.2) is 22.0 Å². The number of rotatable bonds is 3. The monoisotopic (exact) mass is 382 g/mol. The predicted octanol–water partition coefficient (Wildman–Crippen LogP) is 4.70. The minimum atomic E-state index is -0.0968. The number of aromatic nitrogens is 2. The van der Waals surface area contributed by atoms with Crippen LogP contribution < -0.4 is 10.2 Å². The van der Waals surface area contributed by atoms with E-state index >= 15 is 0 Å². The molecule has 1 aliphatic rings. The number of imidazole rings is 1. The van der Waals surface area contributed by atoms with E-state index in [1.807, 2.05) is 54.6 Å². The lowest BCUT2D eigenvalue weighted by Crippen LogP contribution is -2.23. The number of amides is 1. The van der Waals surface area contributed by atoms with Crippen molar-refractivity contribution >= 4 is 28.3 Å². The number of para-hydroxylation sites is 2. The SMILES string of the molecule is O=C(Nc1cccc(N2CCCn3c(nc4ccccc43)C2)c1)c1ccccc1. The zero-order valence-corrected chi connectivity index (χ0v) is 16.1. The number of benzene rings is 3. The second-order valence-electron chi connectivity index (χ2n) is 7.31. The highest BCUT2D eigenvalue weighted by Crippen LogP contribution is 2.26. The second-order valence-corrected chi connectivity index (χ2v) is 7.31. The number of aryl methyl sites for hydroxylation is 1. The van der Waals surface area contributed by atoms with E-state index in [0.29, 0.717) is 5.56 Å². The third-order valence-corrected chi connectivity index (χ3v) is 5.38. The first-order valence-corrected chi connectivity index (χ1v) is 9.93. The first kappa shape index (κ1) is 17.5. The van der Waals surface area contributed by atoms with Gasteiger partial charge in [-0.1, -0.05) is 36.4 Å². The molecule has 0 fully saturated rings. The van der Waals surface area contributed by atoms with Crippen LogP contribution in [-0.2, 0) is 13.1 Å². The van der Waals surface area contributed by atoms with Gasteiger partial charge < -0.3 is 14.8 Å². The molecule has 1 aromatic heterocycles. The van der Waals surface area contributed by atoms with E-state index in [4.69, 9.17) is 4.98 Å². The highest BCUT2D eigenvalue weighted by molar-refractivity contribution is 6.04. The lowest BCUT2D eigenvalue weighted by Gasteiger charge is -2.22. The van der Waals surface area contributed by atoms with Crippen LogP contribution in [0.15, 0.2) is 78.9 Å². The lowest BCUT2D eigenvalue weighted by atomic mass is 10.2. The normalized spacial score (nSPS) is 13.7. The molecule has 0 bridgehead atoms. The number of anilines is 2. The van der Waals surface area contributed by atoms with Crippen molar-refractivity contribution in [2.75, 3.05) is 16.8 Å². The Morgan fingerprint density at radius 2 is 1.72 bits per heavy atom. The fraction of sp³-hybridized carbons (Fsp3) is 0.167. The van der Waals surface area contributed by atoms with E-state index in [9.17, 15) is 4.79 Å². The average Bonchev–Trinajstić information content (AvgIpc) is 2.97. The van der Waals surface area contributed by atoms with Crippen LogP contribution >= 0.6 is 0 Å². The topological polar surface area (TPSA) is 50.2 Å². The van der Waals surface area contributed by atoms with Gasteiger partial charge in [0.05, 0.1) is 17.6 Å². The first-order chi connectivity index (χ1) is 14.3. The molecule has 3 aromatic carbocycles. The Bertz CT molecular complexity index is 1170. The van der Waals surface area contributed by atoms with Gasteiger partial charge in [0.2, 0.25) is 0 Å². The summed E-state index contributed by atoms with van der Waals surface area (Å²) in [6, 6.07) is 25.6. The summed E-state index contributed by atoms with van der Waals surface area (Å²) in [5, 5.41) is 3.01. The largest absolute Gasteiger partial charge is 0.364 e. The van der Waals surface area contributed by atoms with Crippen molar-refractivity contribution in [2.45, 2.75) is 19.5 Å². The number of nitrogens with one attached hydrogen (secondary N) is 1. The molecule has 1 aliphatic heterocycles. The molecule has 5 nitrogen and oxygen atoms in total. The molecule has 4 aromatic rings. The lowest BCUT2D eigenvalue weighted by molar-refractivity contribution is 0.102. The number of hydrogen-bond donors (Lipinski definition) is 1. The summed E-state index contributed by atoms with van der Waals surface area (Å²) in [6.07, 6.45) is 1.05. The zero-order chi connectivity index (χ0) is 19.6. The molecule has 144 valence electrons. The van der Waals surface area contributed by atoms with Gasteiger partial charge in [-0.15, -0.1) is 0 Å². The Hall–Kier alpha value is -3.60. The Morgan fingerprint density at radius 1 is 0.897 bits per heavy atom. The van der Waals surface area contributed by atoms with Crippen molar-refractivity contribution < 1.29 is 4.79 Å². The number of carbonyl (C=O) groups is 1. The van der Waals surface area contributed by atoms with Gasteiger partial charge in [0.15, 0.2) is 0 Å². The summed E-state index contributed by atoms with van der Waals surface area (Å²) in [4.78, 5) is 19.7. The smallest absolute Gasteiger partial charge is 0.255 e. The van der Waals surface area contributed by atoms with Gasteiger partial charge in [-0.3, -0.25) is 4.79 Å². The van der Waals surface area contributed by atoms with E-state index in [1.165, 1.54) is 5.52 Å². The highest BCUT2D eigenvalue weighted by atomic mass is 16.1. The molecular weight excluding hydrogens is 360 g/mol. The van der Waals surface area contributed by atoms with E-state index in [1.54, 1.807) is 0 Å². The minimum absolute atomic E-state index is 0.0968. The second kappa shape index (κ2) is 7.43. The van der Waals surface area contributed by atoms with Crippen molar-refractivity contribution in [3.63, 3.8) is 0 Å². The van der Waals surface area contributed by atoms with Gasteiger partial charge in [0.1, 0.15) is 5.82 Å². The van der Waals surface area contributed by atoms with Crippen LogP contribution in [0.1, 0.15) is 22.6 Å². The summed E-state index contributed by atoms with van der Waals surface area (Å²) < 4.78 is 2.33.